The smallest absolute Gasteiger partial charge is 0.183 e. The number of nitrogens with zero attached hydrogens (tertiary/aromatic N) is 4. The SMILES string of the molecule is Cc1cc(C)n([C@H]2[C@@H]3OC[C@@H](O3)[C@@H](NCc3cnn(C)c3)[C@@H]2O)n1. The van der Waals surface area contributed by atoms with E-state index in [0.29, 0.717) is 13.2 Å². The molecule has 0 unspecified atom stereocenters. The first kappa shape index (κ1) is 15.8. The van der Waals surface area contributed by atoms with Crippen LogP contribution in [-0.2, 0) is 23.1 Å². The van der Waals surface area contributed by atoms with E-state index in [1.54, 1.807) is 4.68 Å². The van der Waals surface area contributed by atoms with Gasteiger partial charge in [-0.2, -0.15) is 10.2 Å². The molecule has 130 valence electrons. The van der Waals surface area contributed by atoms with Gasteiger partial charge in [0.05, 0.1) is 30.6 Å². The fourth-order valence-corrected chi connectivity index (χ4v) is 3.66. The van der Waals surface area contributed by atoms with Crippen LogP contribution in [0.4, 0.5) is 0 Å². The first-order valence-corrected chi connectivity index (χ1v) is 8.22. The summed E-state index contributed by atoms with van der Waals surface area (Å²) in [5, 5.41) is 23.1. The Morgan fingerprint density at radius 1 is 1.42 bits per heavy atom. The number of fused-ring (bicyclic) bond motifs is 2. The third-order valence-corrected chi connectivity index (χ3v) is 4.76. The number of aryl methyl sites for hydroxylation is 3. The van der Waals surface area contributed by atoms with Gasteiger partial charge in [0.2, 0.25) is 0 Å². The second-order valence-electron chi connectivity index (χ2n) is 6.66. The number of aromatic nitrogens is 4. The molecule has 0 aliphatic carbocycles. The van der Waals surface area contributed by atoms with E-state index >= 15 is 0 Å². The van der Waals surface area contributed by atoms with Crippen molar-refractivity contribution in [1.82, 2.24) is 24.9 Å². The zero-order valence-corrected chi connectivity index (χ0v) is 14.1. The van der Waals surface area contributed by atoms with Crippen molar-refractivity contribution in [3.8, 4) is 0 Å². The van der Waals surface area contributed by atoms with Crippen LogP contribution in [0.2, 0.25) is 0 Å². The van der Waals surface area contributed by atoms with E-state index in [-0.39, 0.29) is 18.2 Å². The minimum Gasteiger partial charge on any atom is -0.389 e. The Bertz CT molecular complexity index is 727. The quantitative estimate of drug-likeness (QED) is 0.822. The van der Waals surface area contributed by atoms with Crippen LogP contribution in [0.25, 0.3) is 0 Å². The molecule has 2 fully saturated rings. The highest BCUT2D eigenvalue weighted by molar-refractivity contribution is 5.11. The lowest BCUT2D eigenvalue weighted by Gasteiger charge is -2.39. The van der Waals surface area contributed by atoms with Crippen molar-refractivity contribution < 1.29 is 14.6 Å². The van der Waals surface area contributed by atoms with E-state index in [0.717, 1.165) is 17.0 Å². The van der Waals surface area contributed by atoms with Gasteiger partial charge in [0.15, 0.2) is 6.29 Å². The molecule has 0 saturated carbocycles. The normalized spacial score (nSPS) is 32.4. The Morgan fingerprint density at radius 2 is 2.25 bits per heavy atom. The monoisotopic (exact) mass is 333 g/mol. The number of hydrogen-bond acceptors (Lipinski definition) is 6. The second kappa shape index (κ2) is 5.96. The van der Waals surface area contributed by atoms with Crippen molar-refractivity contribution in [1.29, 1.82) is 0 Å². The van der Waals surface area contributed by atoms with Crippen molar-refractivity contribution in [3.05, 3.63) is 35.4 Å². The second-order valence-corrected chi connectivity index (χ2v) is 6.66. The number of aliphatic hydroxyl groups is 1. The fraction of sp³-hybridized carbons (Fsp3) is 0.625. The van der Waals surface area contributed by atoms with Gasteiger partial charge in [-0.25, -0.2) is 0 Å². The predicted molar refractivity (Wildman–Crippen MR) is 85.2 cm³/mol. The van der Waals surface area contributed by atoms with Crippen LogP contribution >= 0.6 is 0 Å². The Labute approximate surface area is 140 Å². The Kier molecular flexibility index (Phi) is 3.92. The maximum Gasteiger partial charge on any atom is 0.183 e. The van der Waals surface area contributed by atoms with Gasteiger partial charge in [-0.1, -0.05) is 0 Å². The molecule has 0 spiro atoms. The molecule has 8 nitrogen and oxygen atoms in total. The summed E-state index contributed by atoms with van der Waals surface area (Å²) in [5.41, 5.74) is 2.97. The van der Waals surface area contributed by atoms with E-state index in [9.17, 15) is 5.11 Å². The van der Waals surface area contributed by atoms with Crippen LogP contribution < -0.4 is 5.32 Å². The van der Waals surface area contributed by atoms with Crippen molar-refractivity contribution in [2.45, 2.75) is 51.0 Å². The van der Waals surface area contributed by atoms with E-state index in [1.807, 2.05) is 44.0 Å². The predicted octanol–water partition coefficient (Wildman–Crippen LogP) is 0.0489. The highest BCUT2D eigenvalue weighted by Crippen LogP contribution is 2.36. The van der Waals surface area contributed by atoms with Crippen molar-refractivity contribution in [2.24, 2.45) is 7.05 Å². The van der Waals surface area contributed by atoms with Gasteiger partial charge < -0.3 is 19.9 Å². The van der Waals surface area contributed by atoms with Crippen molar-refractivity contribution in [3.63, 3.8) is 0 Å². The Hall–Kier alpha value is -1.74. The van der Waals surface area contributed by atoms with Gasteiger partial charge in [-0.05, 0) is 19.9 Å². The molecule has 0 radical (unpaired) electrons. The van der Waals surface area contributed by atoms with E-state index in [1.165, 1.54) is 0 Å². The third-order valence-electron chi connectivity index (χ3n) is 4.76. The number of hydrogen-bond donors (Lipinski definition) is 2. The van der Waals surface area contributed by atoms with Crippen LogP contribution in [-0.4, -0.2) is 55.8 Å². The molecule has 0 aromatic carbocycles. The summed E-state index contributed by atoms with van der Waals surface area (Å²) >= 11 is 0. The van der Waals surface area contributed by atoms with Crippen LogP contribution in [0.1, 0.15) is 23.0 Å². The standard InChI is InChI=1S/C16H23N5O3/c1-9-4-10(2)21(19-9)14-15(22)13(12-8-23-16(14)24-12)17-5-11-6-18-20(3)7-11/h4,6-7,12-17,22H,5,8H2,1-3H3/t12-,13-,14-,15+,16-/m1/s1. The van der Waals surface area contributed by atoms with Crippen molar-refractivity contribution in [2.75, 3.05) is 6.61 Å². The third kappa shape index (κ3) is 2.65. The average Bonchev–Trinajstić information content (AvgIpc) is 3.21. The molecule has 2 aromatic rings. The number of ether oxygens (including phenoxy) is 2. The van der Waals surface area contributed by atoms with Gasteiger partial charge in [0, 0.05) is 31.0 Å². The van der Waals surface area contributed by atoms with Gasteiger partial charge in [-0.15, -0.1) is 0 Å². The summed E-state index contributed by atoms with van der Waals surface area (Å²) in [6.45, 7) is 5.01. The maximum absolute atomic E-state index is 11.0. The summed E-state index contributed by atoms with van der Waals surface area (Å²) < 4.78 is 15.3. The van der Waals surface area contributed by atoms with Crippen molar-refractivity contribution >= 4 is 0 Å². The zero-order chi connectivity index (χ0) is 16.8. The van der Waals surface area contributed by atoms with Crippen LogP contribution in [0, 0.1) is 13.8 Å². The maximum atomic E-state index is 11.0. The molecule has 24 heavy (non-hydrogen) atoms. The van der Waals surface area contributed by atoms with Gasteiger partial charge in [0.25, 0.3) is 0 Å². The fourth-order valence-electron chi connectivity index (χ4n) is 3.66. The molecule has 2 bridgehead atoms. The molecule has 2 saturated heterocycles. The highest BCUT2D eigenvalue weighted by Gasteiger charge is 2.51. The van der Waals surface area contributed by atoms with Crippen LogP contribution in [0.5, 0.6) is 0 Å². The van der Waals surface area contributed by atoms with E-state index in [2.05, 4.69) is 15.5 Å². The highest BCUT2D eigenvalue weighted by atomic mass is 16.7. The van der Waals surface area contributed by atoms with Crippen LogP contribution in [0.15, 0.2) is 18.5 Å². The topological polar surface area (TPSA) is 86.4 Å². The van der Waals surface area contributed by atoms with Crippen LogP contribution in [0.3, 0.4) is 0 Å². The summed E-state index contributed by atoms with van der Waals surface area (Å²) in [6, 6.07) is 1.41. The number of rotatable bonds is 4. The van der Waals surface area contributed by atoms with E-state index in [4.69, 9.17) is 9.47 Å². The minimum atomic E-state index is -0.647. The summed E-state index contributed by atoms with van der Waals surface area (Å²) in [6.07, 6.45) is 2.51. The largest absolute Gasteiger partial charge is 0.389 e. The molecule has 2 N–H and O–H groups in total. The molecule has 5 atom stereocenters. The summed E-state index contributed by atoms with van der Waals surface area (Å²) in [4.78, 5) is 0. The number of nitrogens with one attached hydrogen (secondary N) is 1. The van der Waals surface area contributed by atoms with Gasteiger partial charge in [-0.3, -0.25) is 9.36 Å². The van der Waals surface area contributed by atoms with E-state index < -0.39 is 12.4 Å². The van der Waals surface area contributed by atoms with Gasteiger partial charge in [0.1, 0.15) is 12.1 Å². The van der Waals surface area contributed by atoms with Gasteiger partial charge >= 0.3 is 0 Å². The zero-order valence-electron chi connectivity index (χ0n) is 14.1. The Balaban J connectivity index is 1.55. The average molecular weight is 333 g/mol. The lowest BCUT2D eigenvalue weighted by molar-refractivity contribution is -0.168. The molecule has 4 heterocycles. The Morgan fingerprint density at radius 3 is 2.92 bits per heavy atom. The minimum absolute atomic E-state index is 0.158. The molecule has 2 aromatic heterocycles. The first-order valence-electron chi connectivity index (χ1n) is 8.22. The summed E-state index contributed by atoms with van der Waals surface area (Å²) in [5.74, 6) is 0. The molecular formula is C16H23N5O3. The first-order chi connectivity index (χ1) is 11.5. The molecule has 2 aliphatic rings. The number of aliphatic hydroxyl groups excluding tert-OH is 1. The lowest BCUT2D eigenvalue weighted by Crippen LogP contribution is -2.57. The summed E-state index contributed by atoms with van der Waals surface area (Å²) in [7, 11) is 1.89. The lowest BCUT2D eigenvalue weighted by atomic mass is 9.95. The molecule has 0 amide bonds. The molecular weight excluding hydrogens is 310 g/mol. The molecule has 8 heteroatoms. The molecule has 2 aliphatic heterocycles. The molecule has 4 rings (SSSR count).